The van der Waals surface area contributed by atoms with Crippen molar-refractivity contribution in [2.75, 3.05) is 25.0 Å². The van der Waals surface area contributed by atoms with Crippen molar-refractivity contribution in [2.24, 2.45) is 0 Å². The molecule has 1 heterocycles. The van der Waals surface area contributed by atoms with Crippen LogP contribution in [0.2, 0.25) is 0 Å². The Morgan fingerprint density at radius 3 is 2.83 bits per heavy atom. The number of hydrogen-bond acceptors (Lipinski definition) is 2. The highest BCUT2D eigenvalue weighted by Gasteiger charge is 2.19. The first kappa shape index (κ1) is 18.2. The van der Waals surface area contributed by atoms with Gasteiger partial charge in [0, 0.05) is 24.8 Å². The lowest BCUT2D eigenvalue weighted by atomic mass is 10.00. The zero-order valence-electron chi connectivity index (χ0n) is 14.8. The SMILES string of the molecule is CC[C@H]1CCCCN1CCCNC(=S)Nc1ccc(C)c(C)c1. The summed E-state index contributed by atoms with van der Waals surface area (Å²) in [6.07, 6.45) is 6.55. The maximum Gasteiger partial charge on any atom is 0.170 e. The molecule has 2 N–H and O–H groups in total. The first-order valence-electron chi connectivity index (χ1n) is 8.96. The lowest BCUT2D eigenvalue weighted by Gasteiger charge is -2.35. The van der Waals surface area contributed by atoms with Gasteiger partial charge in [-0.2, -0.15) is 0 Å². The monoisotopic (exact) mass is 333 g/mol. The number of hydrogen-bond donors (Lipinski definition) is 2. The third kappa shape index (κ3) is 5.78. The van der Waals surface area contributed by atoms with E-state index in [2.05, 4.69) is 54.5 Å². The van der Waals surface area contributed by atoms with Crippen LogP contribution in [-0.4, -0.2) is 35.7 Å². The molecule has 0 aliphatic carbocycles. The largest absolute Gasteiger partial charge is 0.362 e. The molecular weight excluding hydrogens is 302 g/mol. The number of thiocarbonyl (C=S) groups is 1. The fraction of sp³-hybridized carbons (Fsp3) is 0.632. The third-order valence-corrected chi connectivity index (χ3v) is 5.14. The van der Waals surface area contributed by atoms with E-state index >= 15 is 0 Å². The van der Waals surface area contributed by atoms with E-state index < -0.39 is 0 Å². The normalized spacial score (nSPS) is 18.7. The van der Waals surface area contributed by atoms with Crippen LogP contribution in [0.5, 0.6) is 0 Å². The van der Waals surface area contributed by atoms with Gasteiger partial charge in [-0.3, -0.25) is 0 Å². The van der Waals surface area contributed by atoms with E-state index in [0.717, 1.165) is 29.8 Å². The summed E-state index contributed by atoms with van der Waals surface area (Å²) < 4.78 is 0. The Morgan fingerprint density at radius 1 is 1.26 bits per heavy atom. The molecule has 0 bridgehead atoms. The zero-order chi connectivity index (χ0) is 16.7. The standard InChI is InChI=1S/C19H31N3S/c1-4-18-8-5-6-12-22(18)13-7-11-20-19(23)21-17-10-9-15(2)16(3)14-17/h9-10,14,18H,4-8,11-13H2,1-3H3,(H2,20,21,23)/t18-/m0/s1. The second-order valence-electron chi connectivity index (χ2n) is 6.63. The Labute approximate surface area is 146 Å². The van der Waals surface area contributed by atoms with Gasteiger partial charge in [0.25, 0.3) is 0 Å². The van der Waals surface area contributed by atoms with Crippen molar-refractivity contribution in [3.63, 3.8) is 0 Å². The maximum absolute atomic E-state index is 5.39. The lowest BCUT2D eigenvalue weighted by Crippen LogP contribution is -2.40. The van der Waals surface area contributed by atoms with Gasteiger partial charge < -0.3 is 15.5 Å². The van der Waals surface area contributed by atoms with E-state index in [1.807, 2.05) is 0 Å². The predicted octanol–water partition coefficient (Wildman–Crippen LogP) is 4.24. The van der Waals surface area contributed by atoms with Crippen LogP contribution in [0.3, 0.4) is 0 Å². The minimum absolute atomic E-state index is 0.721. The number of rotatable bonds is 6. The summed E-state index contributed by atoms with van der Waals surface area (Å²) in [5.74, 6) is 0. The molecule has 1 aliphatic heterocycles. The number of anilines is 1. The molecular formula is C19H31N3S. The molecule has 1 fully saturated rings. The van der Waals surface area contributed by atoms with Crippen LogP contribution in [0.25, 0.3) is 0 Å². The highest BCUT2D eigenvalue weighted by molar-refractivity contribution is 7.80. The van der Waals surface area contributed by atoms with Crippen LogP contribution in [-0.2, 0) is 0 Å². The molecule has 1 atom stereocenters. The first-order chi connectivity index (χ1) is 11.1. The average Bonchev–Trinajstić information content (AvgIpc) is 2.55. The maximum atomic E-state index is 5.39. The lowest BCUT2D eigenvalue weighted by molar-refractivity contribution is 0.143. The molecule has 3 nitrogen and oxygen atoms in total. The van der Waals surface area contributed by atoms with Gasteiger partial charge in [0.1, 0.15) is 0 Å². The van der Waals surface area contributed by atoms with Gasteiger partial charge >= 0.3 is 0 Å². The van der Waals surface area contributed by atoms with Crippen molar-refractivity contribution in [1.29, 1.82) is 0 Å². The summed E-state index contributed by atoms with van der Waals surface area (Å²) in [4.78, 5) is 2.66. The first-order valence-corrected chi connectivity index (χ1v) is 9.37. The second kappa shape index (κ2) is 9.24. The Bertz CT molecular complexity index is 515. The molecule has 0 saturated carbocycles. The minimum atomic E-state index is 0.721. The van der Waals surface area contributed by atoms with Crippen molar-refractivity contribution >= 4 is 23.0 Å². The third-order valence-electron chi connectivity index (χ3n) is 4.89. The summed E-state index contributed by atoms with van der Waals surface area (Å²) in [7, 11) is 0. The van der Waals surface area contributed by atoms with Gasteiger partial charge in [0.2, 0.25) is 0 Å². The van der Waals surface area contributed by atoms with Crippen LogP contribution in [0, 0.1) is 13.8 Å². The summed E-state index contributed by atoms with van der Waals surface area (Å²) in [6.45, 7) is 9.94. The van der Waals surface area contributed by atoms with Crippen LogP contribution < -0.4 is 10.6 Å². The second-order valence-corrected chi connectivity index (χ2v) is 7.04. The van der Waals surface area contributed by atoms with Crippen molar-refractivity contribution in [2.45, 2.75) is 58.9 Å². The van der Waals surface area contributed by atoms with Gasteiger partial charge in [-0.1, -0.05) is 19.4 Å². The number of likely N-dealkylation sites (tertiary alicyclic amines) is 1. The number of aryl methyl sites for hydroxylation is 2. The van der Waals surface area contributed by atoms with E-state index in [0.29, 0.717) is 0 Å². The van der Waals surface area contributed by atoms with E-state index in [4.69, 9.17) is 12.2 Å². The molecule has 1 aliphatic rings. The topological polar surface area (TPSA) is 27.3 Å². The molecule has 0 aromatic heterocycles. The summed E-state index contributed by atoms with van der Waals surface area (Å²) in [5.41, 5.74) is 3.66. The number of nitrogens with one attached hydrogen (secondary N) is 2. The fourth-order valence-corrected chi connectivity index (χ4v) is 3.52. The van der Waals surface area contributed by atoms with E-state index in [9.17, 15) is 0 Å². The Kier molecular flexibility index (Phi) is 7.31. The Hall–Kier alpha value is -1.13. The van der Waals surface area contributed by atoms with Crippen molar-refractivity contribution in [3.8, 4) is 0 Å². The molecule has 1 aromatic carbocycles. The van der Waals surface area contributed by atoms with Crippen LogP contribution in [0.15, 0.2) is 18.2 Å². The zero-order valence-corrected chi connectivity index (χ0v) is 15.6. The predicted molar refractivity (Wildman–Crippen MR) is 104 cm³/mol. The Morgan fingerprint density at radius 2 is 2.09 bits per heavy atom. The highest BCUT2D eigenvalue weighted by atomic mass is 32.1. The average molecular weight is 334 g/mol. The van der Waals surface area contributed by atoms with E-state index in [1.54, 1.807) is 0 Å². The fourth-order valence-electron chi connectivity index (χ4n) is 3.30. The van der Waals surface area contributed by atoms with Gasteiger partial charge in [-0.25, -0.2) is 0 Å². The van der Waals surface area contributed by atoms with Crippen molar-refractivity contribution in [3.05, 3.63) is 29.3 Å². The number of nitrogens with zero attached hydrogens (tertiary/aromatic N) is 1. The highest BCUT2D eigenvalue weighted by Crippen LogP contribution is 2.19. The van der Waals surface area contributed by atoms with Gasteiger partial charge in [0.05, 0.1) is 0 Å². The summed E-state index contributed by atoms with van der Waals surface area (Å²) in [6, 6.07) is 7.14. The van der Waals surface area contributed by atoms with Gasteiger partial charge in [-0.05, 0) is 81.6 Å². The van der Waals surface area contributed by atoms with E-state index in [-0.39, 0.29) is 0 Å². The molecule has 128 valence electrons. The summed E-state index contributed by atoms with van der Waals surface area (Å²) in [5, 5.41) is 7.33. The van der Waals surface area contributed by atoms with Gasteiger partial charge in [-0.15, -0.1) is 0 Å². The number of benzene rings is 1. The van der Waals surface area contributed by atoms with Crippen LogP contribution in [0.1, 0.15) is 50.2 Å². The van der Waals surface area contributed by atoms with Gasteiger partial charge in [0.15, 0.2) is 5.11 Å². The smallest absolute Gasteiger partial charge is 0.170 e. The molecule has 0 amide bonds. The molecule has 1 saturated heterocycles. The summed E-state index contributed by atoms with van der Waals surface area (Å²) >= 11 is 5.39. The van der Waals surface area contributed by atoms with Crippen molar-refractivity contribution in [1.82, 2.24) is 10.2 Å². The molecule has 0 radical (unpaired) electrons. The van der Waals surface area contributed by atoms with Crippen LogP contribution in [0.4, 0.5) is 5.69 Å². The molecule has 1 aromatic rings. The molecule has 4 heteroatoms. The molecule has 0 spiro atoms. The molecule has 23 heavy (non-hydrogen) atoms. The number of piperidine rings is 1. The molecule has 0 unspecified atom stereocenters. The Balaban J connectivity index is 1.67. The quantitative estimate of drug-likeness (QED) is 0.601. The van der Waals surface area contributed by atoms with Crippen LogP contribution >= 0.6 is 12.2 Å². The molecule has 2 rings (SSSR count). The van der Waals surface area contributed by atoms with Crippen molar-refractivity contribution < 1.29 is 0 Å². The van der Waals surface area contributed by atoms with E-state index in [1.165, 1.54) is 49.9 Å². The minimum Gasteiger partial charge on any atom is -0.362 e.